The molecule has 0 N–H and O–H groups in total. The predicted octanol–water partition coefficient (Wildman–Crippen LogP) is 24.2. The van der Waals surface area contributed by atoms with Crippen LogP contribution < -0.4 is 11.1 Å². The van der Waals surface area contributed by atoms with Gasteiger partial charge < -0.3 is 8.80 Å². The van der Waals surface area contributed by atoms with Crippen LogP contribution in [0, 0.1) is 0 Å². The molecule has 0 radical (unpaired) electrons. The molecule has 0 aliphatic rings. The molecule has 24 aromatic rings. The lowest BCUT2D eigenvalue weighted by molar-refractivity contribution is 1.21. The minimum Gasteiger partial charge on any atom is -0.306 e. The number of pyridine rings is 6. The SMILES string of the molecule is O=c1c2cc(-c3ccccc3)cc3c4cc(-c5ccccc5)ccc4n(c4cc(-c5cccc(-c6ccc7c(=O)n8c9ccc(-c%10cc(-c%11ccccn%11)nc(-c%11ccccn%11)c%10)cc9c9ccc%10c%11cc(-c%12cc(-c%13ccccn%13)nc(-c%13ccccn%13)c%12)ccc%11n(c7c6)c%10c98)c5)cc5c6cc(-c7ccccc7)ccc6n1c54)c23. The molecule has 538 valence electrons. The number of aromatic nitrogens is 10. The van der Waals surface area contributed by atoms with E-state index in [0.29, 0.717) is 10.8 Å². The predicted molar refractivity (Wildman–Crippen MR) is 472 cm³/mol. The molecule has 116 heavy (non-hydrogen) atoms. The van der Waals surface area contributed by atoms with Crippen molar-refractivity contribution in [2.24, 2.45) is 0 Å². The second-order valence-electron chi connectivity index (χ2n) is 30.1. The van der Waals surface area contributed by atoms with Crippen molar-refractivity contribution >= 4 is 109 Å². The summed E-state index contributed by atoms with van der Waals surface area (Å²) >= 11 is 0. The average Bonchev–Trinajstić information content (AvgIpc) is 1.53. The molecule has 12 heterocycles. The molecular weight excluding hydrogens is 1420 g/mol. The lowest BCUT2D eigenvalue weighted by Crippen LogP contribution is -2.09. The summed E-state index contributed by atoms with van der Waals surface area (Å²) in [5, 5.41) is 9.03. The molecule has 0 bridgehead atoms. The highest BCUT2D eigenvalue weighted by Gasteiger charge is 2.27. The Kier molecular flexibility index (Phi) is 14.1. The van der Waals surface area contributed by atoms with Crippen molar-refractivity contribution in [1.29, 1.82) is 0 Å². The molecule has 12 nitrogen and oxygen atoms in total. The van der Waals surface area contributed by atoms with Crippen LogP contribution in [0.2, 0.25) is 0 Å². The van der Waals surface area contributed by atoms with Gasteiger partial charge in [0.25, 0.3) is 11.1 Å². The average molecular weight is 1480 g/mol. The molecule has 0 spiro atoms. The van der Waals surface area contributed by atoms with Gasteiger partial charge in [0, 0.05) is 67.9 Å². The summed E-state index contributed by atoms with van der Waals surface area (Å²) in [5.74, 6) is 0. The van der Waals surface area contributed by atoms with E-state index in [1.165, 1.54) is 0 Å². The first-order valence-electron chi connectivity index (χ1n) is 38.8. The Morgan fingerprint density at radius 1 is 0.164 bits per heavy atom. The number of rotatable bonds is 11. The topological polar surface area (TPSA) is 129 Å². The van der Waals surface area contributed by atoms with E-state index >= 15 is 9.59 Å². The van der Waals surface area contributed by atoms with Gasteiger partial charge in [-0.05, 0) is 242 Å². The maximum Gasteiger partial charge on any atom is 0.265 e. The van der Waals surface area contributed by atoms with Crippen molar-refractivity contribution in [3.63, 3.8) is 0 Å². The molecule has 24 rings (SSSR count). The Bertz CT molecular complexity index is 8230. The molecule has 12 aromatic heterocycles. The monoisotopic (exact) mass is 1480 g/mol. The van der Waals surface area contributed by atoms with E-state index in [-0.39, 0.29) is 11.1 Å². The van der Waals surface area contributed by atoms with E-state index < -0.39 is 0 Å². The maximum absolute atomic E-state index is 16.4. The number of hydrogen-bond donors (Lipinski definition) is 0. The summed E-state index contributed by atoms with van der Waals surface area (Å²) in [5.41, 5.74) is 28.3. The Hall–Kier alpha value is -15.9. The molecule has 12 aromatic carbocycles. The Labute approximate surface area is 661 Å². The number of nitrogens with zero attached hydrogens (tertiary/aromatic N) is 10. The largest absolute Gasteiger partial charge is 0.306 e. The molecule has 0 amide bonds. The van der Waals surface area contributed by atoms with Crippen LogP contribution in [0.4, 0.5) is 0 Å². The lowest BCUT2D eigenvalue weighted by Gasteiger charge is -2.11. The first-order chi connectivity index (χ1) is 57.3. The smallest absolute Gasteiger partial charge is 0.265 e. The van der Waals surface area contributed by atoms with Gasteiger partial charge in [0.2, 0.25) is 0 Å². The third-order valence-corrected chi connectivity index (χ3v) is 23.6. The second kappa shape index (κ2) is 25.3. The molecule has 0 saturated carbocycles. The van der Waals surface area contributed by atoms with E-state index in [0.717, 1.165) is 222 Å². The van der Waals surface area contributed by atoms with Crippen molar-refractivity contribution in [3.05, 3.63) is 385 Å². The first kappa shape index (κ1) is 64.9. The first-order valence-corrected chi connectivity index (χ1v) is 38.8. The van der Waals surface area contributed by atoms with Crippen LogP contribution in [0.3, 0.4) is 0 Å². The van der Waals surface area contributed by atoms with Gasteiger partial charge in [0.05, 0.1) is 111 Å². The molecule has 0 aliphatic carbocycles. The van der Waals surface area contributed by atoms with Gasteiger partial charge >= 0.3 is 0 Å². The van der Waals surface area contributed by atoms with Crippen molar-refractivity contribution in [2.45, 2.75) is 0 Å². The highest BCUT2D eigenvalue weighted by molar-refractivity contribution is 6.26. The second-order valence-corrected chi connectivity index (χ2v) is 30.1. The van der Waals surface area contributed by atoms with E-state index in [1.54, 1.807) is 24.8 Å². The Balaban J connectivity index is 0.742. The molecule has 0 unspecified atom stereocenters. The molecule has 0 fully saturated rings. The standard InChI is InChI=1S/C104H60N10O2/c115-103-77-36-31-70(64-25-18-26-65(47-64)72-53-83-81-49-67(62-21-6-2-7-22-62)33-41-96(81)113-100(83)98(60-72)112-94-39-32-66(61-19-4-1-5-20-61)48-80(94)82-52-71(63-23-8-3-9-24-63)54-84(99(82)112)104(113)116)59-97(77)111-93-40-34-68(73-55-89(85-27-10-14-43-105-85)109-90(56-73)86-28-11-15-44-106-86)50-78(93)75-37-38-76-79-51-69(35-42-95(79)114(103)102(76)101(75)111)74-57-91(87-29-12-16-45-107-87)110-92(58-74)88-30-13-17-46-108-88/h1-60H. The van der Waals surface area contributed by atoms with Crippen molar-refractivity contribution in [2.75, 3.05) is 0 Å². The van der Waals surface area contributed by atoms with Crippen molar-refractivity contribution in [1.82, 2.24) is 47.5 Å². The van der Waals surface area contributed by atoms with E-state index in [9.17, 15) is 0 Å². The van der Waals surface area contributed by atoms with E-state index in [4.69, 9.17) is 29.9 Å². The zero-order valence-corrected chi connectivity index (χ0v) is 61.9. The van der Waals surface area contributed by atoms with E-state index in [2.05, 4.69) is 258 Å². The van der Waals surface area contributed by atoms with E-state index in [1.807, 2.05) is 99.8 Å². The fourth-order valence-electron chi connectivity index (χ4n) is 18.2. The minimum absolute atomic E-state index is 0.0886. The Morgan fingerprint density at radius 3 is 0.931 bits per heavy atom. The fourth-order valence-corrected chi connectivity index (χ4v) is 18.2. The summed E-state index contributed by atoms with van der Waals surface area (Å²) in [6.07, 6.45) is 7.17. The quantitative estimate of drug-likeness (QED) is 0.125. The van der Waals surface area contributed by atoms with Crippen molar-refractivity contribution < 1.29 is 0 Å². The van der Waals surface area contributed by atoms with Gasteiger partial charge in [0.1, 0.15) is 0 Å². The van der Waals surface area contributed by atoms with Crippen LogP contribution in [0.15, 0.2) is 374 Å². The fraction of sp³-hybridized carbons (Fsp3) is 0. The number of fused-ring (bicyclic) bond motifs is 15. The van der Waals surface area contributed by atoms with Gasteiger partial charge in [-0.15, -0.1) is 0 Å². The molecule has 0 atom stereocenters. The van der Waals surface area contributed by atoms with Crippen molar-refractivity contribution in [3.8, 4) is 123 Å². The summed E-state index contributed by atoms with van der Waals surface area (Å²) < 4.78 is 8.63. The third kappa shape index (κ3) is 10.00. The molecule has 12 heteroatoms. The number of hydrogen-bond acceptors (Lipinski definition) is 8. The van der Waals surface area contributed by atoms with Gasteiger partial charge in [-0.2, -0.15) is 0 Å². The Morgan fingerprint density at radius 2 is 0.466 bits per heavy atom. The summed E-state index contributed by atoms with van der Waals surface area (Å²) in [6, 6.07) is 118. The third-order valence-electron chi connectivity index (χ3n) is 23.6. The summed E-state index contributed by atoms with van der Waals surface area (Å²) in [7, 11) is 0. The normalized spacial score (nSPS) is 12.0. The van der Waals surface area contributed by atoms with Crippen LogP contribution in [0.25, 0.3) is 232 Å². The highest BCUT2D eigenvalue weighted by atomic mass is 16.1. The maximum atomic E-state index is 16.4. The van der Waals surface area contributed by atoms with Gasteiger partial charge in [0.15, 0.2) is 0 Å². The lowest BCUT2D eigenvalue weighted by atomic mass is 9.96. The van der Waals surface area contributed by atoms with Gasteiger partial charge in [-0.1, -0.05) is 176 Å². The van der Waals surface area contributed by atoms with Crippen LogP contribution in [0.1, 0.15) is 0 Å². The van der Waals surface area contributed by atoms with Gasteiger partial charge in [-0.3, -0.25) is 38.3 Å². The zero-order valence-electron chi connectivity index (χ0n) is 61.9. The number of benzene rings is 12. The molecule has 0 saturated heterocycles. The highest BCUT2D eigenvalue weighted by Crippen LogP contribution is 2.47. The molecular formula is C104H60N10O2. The summed E-state index contributed by atoms with van der Waals surface area (Å²) in [6.45, 7) is 0. The van der Waals surface area contributed by atoms with Crippen LogP contribution in [-0.2, 0) is 0 Å². The molecule has 0 aliphatic heterocycles. The van der Waals surface area contributed by atoms with Gasteiger partial charge in [-0.25, -0.2) is 9.97 Å². The van der Waals surface area contributed by atoms with Crippen LogP contribution in [-0.4, -0.2) is 47.5 Å². The zero-order chi connectivity index (χ0) is 76.4. The summed E-state index contributed by atoms with van der Waals surface area (Å²) in [4.78, 5) is 62.0. The van der Waals surface area contributed by atoms with Crippen LogP contribution in [0.5, 0.6) is 0 Å². The van der Waals surface area contributed by atoms with Crippen LogP contribution >= 0.6 is 0 Å². The minimum atomic E-state index is -0.138.